The van der Waals surface area contributed by atoms with Crippen LogP contribution in [0.1, 0.15) is 335 Å². The molecule has 0 radical (unpaired) electrons. The third-order valence-electron chi connectivity index (χ3n) is 13.9. The second-order valence-electron chi connectivity index (χ2n) is 21.0. The summed E-state index contributed by atoms with van der Waals surface area (Å²) >= 11 is 0. The van der Waals surface area contributed by atoms with Gasteiger partial charge in [-0.1, -0.05) is 276 Å². The monoisotopic (exact) mass is 983 g/mol. The molecule has 0 aromatic carbocycles. The number of carbonyl (C=O) groups is 3. The number of unbranched alkanes of at least 4 members (excludes halogenated alkanes) is 40. The van der Waals surface area contributed by atoms with E-state index >= 15 is 0 Å². The molecule has 0 heterocycles. The molecule has 0 aliphatic heterocycles. The lowest BCUT2D eigenvalue weighted by Gasteiger charge is -2.18. The van der Waals surface area contributed by atoms with Crippen LogP contribution in [0.3, 0.4) is 0 Å². The molecule has 0 amide bonds. The SMILES string of the molecule is CCCCC/C=C\CCCCCCCC(=O)OC(COC(=O)CCCCCCCCC)COC(=O)CCCCCCCCCCCCCCCCCCCCCCC/C=C\C/C=C\CCCCCCC. The van der Waals surface area contributed by atoms with Crippen molar-refractivity contribution in [2.75, 3.05) is 13.2 Å². The van der Waals surface area contributed by atoms with Crippen LogP contribution in [0.25, 0.3) is 0 Å². The summed E-state index contributed by atoms with van der Waals surface area (Å²) in [4.78, 5) is 37.9. The van der Waals surface area contributed by atoms with Crippen molar-refractivity contribution in [2.24, 2.45) is 0 Å². The lowest BCUT2D eigenvalue weighted by atomic mass is 10.0. The maximum absolute atomic E-state index is 12.8. The van der Waals surface area contributed by atoms with Crippen LogP contribution in [0.5, 0.6) is 0 Å². The highest BCUT2D eigenvalue weighted by molar-refractivity contribution is 5.71. The molecule has 0 fully saturated rings. The second kappa shape index (κ2) is 59.2. The Kier molecular flexibility index (Phi) is 57.2. The van der Waals surface area contributed by atoms with Crippen LogP contribution < -0.4 is 0 Å². The molecule has 6 heteroatoms. The van der Waals surface area contributed by atoms with Gasteiger partial charge in [0.1, 0.15) is 13.2 Å². The van der Waals surface area contributed by atoms with Gasteiger partial charge < -0.3 is 14.2 Å². The summed E-state index contributed by atoms with van der Waals surface area (Å²) in [6, 6.07) is 0. The summed E-state index contributed by atoms with van der Waals surface area (Å²) < 4.78 is 16.8. The van der Waals surface area contributed by atoms with Crippen LogP contribution in [0.15, 0.2) is 36.5 Å². The number of carbonyl (C=O) groups excluding carboxylic acids is 3. The molecule has 6 nitrogen and oxygen atoms in total. The van der Waals surface area contributed by atoms with E-state index in [2.05, 4.69) is 57.2 Å². The number of rotatable bonds is 57. The number of allylic oxidation sites excluding steroid dienone is 6. The van der Waals surface area contributed by atoms with Crippen molar-refractivity contribution >= 4 is 17.9 Å². The lowest BCUT2D eigenvalue weighted by molar-refractivity contribution is -0.167. The standard InChI is InChI=1S/C64H118O6/c1-4-7-10-13-16-18-20-22-23-24-25-26-27-28-29-30-31-32-33-34-35-36-37-38-39-40-41-42-44-45-48-51-54-57-63(66)69-60-61(59-68-62(65)56-53-50-47-15-12-9-6-3)70-64(67)58-55-52-49-46-43-21-19-17-14-11-8-5-2/h17,19-20,22,24-25,61H,4-16,18,21,23,26-60H2,1-3H3/b19-17-,22-20-,25-24-. The van der Waals surface area contributed by atoms with Crippen LogP contribution in [-0.2, 0) is 28.6 Å². The van der Waals surface area contributed by atoms with Gasteiger partial charge in [0.15, 0.2) is 6.10 Å². The average molecular weight is 984 g/mol. The van der Waals surface area contributed by atoms with Crippen LogP contribution in [0.4, 0.5) is 0 Å². The molecule has 0 saturated carbocycles. The predicted octanol–water partition coefficient (Wildman–Crippen LogP) is 20.8. The van der Waals surface area contributed by atoms with Gasteiger partial charge in [-0.3, -0.25) is 14.4 Å². The fraction of sp³-hybridized carbons (Fsp3) is 0.859. The smallest absolute Gasteiger partial charge is 0.306 e. The minimum Gasteiger partial charge on any atom is -0.462 e. The Hall–Kier alpha value is -2.37. The zero-order valence-corrected chi connectivity index (χ0v) is 47.1. The summed E-state index contributed by atoms with van der Waals surface area (Å²) in [7, 11) is 0. The van der Waals surface area contributed by atoms with Gasteiger partial charge in [0.25, 0.3) is 0 Å². The fourth-order valence-electron chi connectivity index (χ4n) is 9.18. The molecule has 410 valence electrons. The van der Waals surface area contributed by atoms with E-state index in [1.54, 1.807) is 0 Å². The third-order valence-corrected chi connectivity index (χ3v) is 13.9. The molecule has 0 aliphatic carbocycles. The molecule has 0 aromatic heterocycles. The van der Waals surface area contributed by atoms with Crippen molar-refractivity contribution in [1.29, 1.82) is 0 Å². The molecule has 0 bridgehead atoms. The summed E-state index contributed by atoms with van der Waals surface area (Å²) in [6.45, 7) is 6.59. The molecule has 1 atom stereocenters. The number of hydrogen-bond donors (Lipinski definition) is 0. The number of esters is 3. The average Bonchev–Trinajstić information content (AvgIpc) is 3.36. The zero-order valence-electron chi connectivity index (χ0n) is 47.1. The Balaban J connectivity index is 3.91. The largest absolute Gasteiger partial charge is 0.462 e. The van der Waals surface area contributed by atoms with E-state index in [1.165, 1.54) is 225 Å². The van der Waals surface area contributed by atoms with Gasteiger partial charge in [0.2, 0.25) is 0 Å². The van der Waals surface area contributed by atoms with Gasteiger partial charge in [0.05, 0.1) is 0 Å². The third kappa shape index (κ3) is 56.5. The molecule has 0 spiro atoms. The van der Waals surface area contributed by atoms with Crippen LogP contribution in [0, 0.1) is 0 Å². The second-order valence-corrected chi connectivity index (χ2v) is 21.0. The first kappa shape index (κ1) is 67.6. The Morgan fingerprint density at radius 2 is 0.514 bits per heavy atom. The van der Waals surface area contributed by atoms with E-state index in [0.717, 1.165) is 70.6 Å². The van der Waals surface area contributed by atoms with Gasteiger partial charge in [-0.05, 0) is 77.0 Å². The molecule has 70 heavy (non-hydrogen) atoms. The molecule has 0 aliphatic rings. The number of hydrogen-bond acceptors (Lipinski definition) is 6. The van der Waals surface area contributed by atoms with Crippen molar-refractivity contribution in [2.45, 2.75) is 341 Å². The molecule has 0 saturated heterocycles. The summed E-state index contributed by atoms with van der Waals surface area (Å²) in [5, 5.41) is 0. The maximum Gasteiger partial charge on any atom is 0.306 e. The lowest BCUT2D eigenvalue weighted by Crippen LogP contribution is -2.30. The van der Waals surface area contributed by atoms with Gasteiger partial charge in [-0.2, -0.15) is 0 Å². The van der Waals surface area contributed by atoms with E-state index in [4.69, 9.17) is 14.2 Å². The first-order valence-electron chi connectivity index (χ1n) is 31.0. The zero-order chi connectivity index (χ0) is 50.7. The molecular formula is C64H118O6. The number of ether oxygens (including phenoxy) is 3. The van der Waals surface area contributed by atoms with Crippen molar-refractivity contribution in [1.82, 2.24) is 0 Å². The van der Waals surface area contributed by atoms with Crippen molar-refractivity contribution in [3.63, 3.8) is 0 Å². The van der Waals surface area contributed by atoms with Gasteiger partial charge in [-0.15, -0.1) is 0 Å². The van der Waals surface area contributed by atoms with Gasteiger partial charge in [0, 0.05) is 19.3 Å². The minimum absolute atomic E-state index is 0.0710. The Labute approximate surface area is 435 Å². The van der Waals surface area contributed by atoms with Gasteiger partial charge >= 0.3 is 17.9 Å². The van der Waals surface area contributed by atoms with E-state index in [9.17, 15) is 14.4 Å². The highest BCUT2D eigenvalue weighted by Gasteiger charge is 2.19. The minimum atomic E-state index is -0.769. The molecule has 0 rings (SSSR count). The van der Waals surface area contributed by atoms with E-state index in [-0.39, 0.29) is 31.1 Å². The van der Waals surface area contributed by atoms with Crippen molar-refractivity contribution < 1.29 is 28.6 Å². The topological polar surface area (TPSA) is 78.9 Å². The quantitative estimate of drug-likeness (QED) is 0.0261. The fourth-order valence-corrected chi connectivity index (χ4v) is 9.18. The van der Waals surface area contributed by atoms with E-state index in [0.29, 0.717) is 19.3 Å². The Bertz CT molecular complexity index is 1170. The maximum atomic E-state index is 12.8. The normalized spacial score (nSPS) is 12.2. The Morgan fingerprint density at radius 3 is 0.829 bits per heavy atom. The first-order valence-corrected chi connectivity index (χ1v) is 31.0. The molecule has 0 aromatic rings. The highest BCUT2D eigenvalue weighted by atomic mass is 16.6. The van der Waals surface area contributed by atoms with E-state index in [1.807, 2.05) is 0 Å². The summed E-state index contributed by atoms with van der Waals surface area (Å²) in [6.07, 6.45) is 72.0. The summed E-state index contributed by atoms with van der Waals surface area (Å²) in [5.41, 5.74) is 0. The van der Waals surface area contributed by atoms with E-state index < -0.39 is 6.10 Å². The Morgan fingerprint density at radius 1 is 0.286 bits per heavy atom. The molecular weight excluding hydrogens is 865 g/mol. The summed E-state index contributed by atoms with van der Waals surface area (Å²) in [5.74, 6) is -0.871. The molecule has 1 unspecified atom stereocenters. The molecule has 0 N–H and O–H groups in total. The van der Waals surface area contributed by atoms with Crippen LogP contribution in [0.2, 0.25) is 0 Å². The highest BCUT2D eigenvalue weighted by Crippen LogP contribution is 2.17. The predicted molar refractivity (Wildman–Crippen MR) is 302 cm³/mol. The van der Waals surface area contributed by atoms with Crippen molar-refractivity contribution in [3.8, 4) is 0 Å². The van der Waals surface area contributed by atoms with Crippen LogP contribution >= 0.6 is 0 Å². The first-order chi connectivity index (χ1) is 34.5. The van der Waals surface area contributed by atoms with Gasteiger partial charge in [-0.25, -0.2) is 0 Å². The van der Waals surface area contributed by atoms with Crippen molar-refractivity contribution in [3.05, 3.63) is 36.5 Å². The van der Waals surface area contributed by atoms with Crippen LogP contribution in [-0.4, -0.2) is 37.2 Å².